The summed E-state index contributed by atoms with van der Waals surface area (Å²) in [6.07, 6.45) is 5.15. The van der Waals surface area contributed by atoms with E-state index in [0.29, 0.717) is 5.92 Å². The van der Waals surface area contributed by atoms with Crippen LogP contribution in [0.1, 0.15) is 47.2 Å². The topological polar surface area (TPSA) is 38.8 Å². The third-order valence-electron chi connectivity index (χ3n) is 6.51. The summed E-state index contributed by atoms with van der Waals surface area (Å²) in [5.74, 6) is 1.69. The first-order valence-electron chi connectivity index (χ1n) is 10.7. The largest absolute Gasteiger partial charge is 0.497 e. The monoisotopic (exact) mass is 393 g/mol. The summed E-state index contributed by atoms with van der Waals surface area (Å²) in [5.41, 5.74) is 3.22. The molecule has 2 aliphatic rings. The second-order valence-electron chi connectivity index (χ2n) is 8.60. The van der Waals surface area contributed by atoms with Gasteiger partial charge in [0.25, 0.3) is 5.91 Å². The number of rotatable bonds is 4. The van der Waals surface area contributed by atoms with E-state index in [1.54, 1.807) is 7.11 Å². The lowest BCUT2D eigenvalue weighted by Gasteiger charge is -2.46. The highest BCUT2D eigenvalue weighted by molar-refractivity contribution is 5.94. The van der Waals surface area contributed by atoms with Gasteiger partial charge >= 0.3 is 0 Å². The molecule has 2 heterocycles. The zero-order valence-electron chi connectivity index (χ0n) is 17.5. The molecule has 0 saturated carbocycles. The van der Waals surface area contributed by atoms with E-state index in [9.17, 15) is 4.79 Å². The Labute approximate surface area is 173 Å². The Morgan fingerprint density at radius 3 is 2.62 bits per heavy atom. The number of carbonyl (C=O) groups is 1. The molecule has 0 N–H and O–H groups in total. The molecule has 0 radical (unpaired) electrons. The van der Waals surface area contributed by atoms with Gasteiger partial charge in [-0.3, -0.25) is 4.79 Å². The van der Waals surface area contributed by atoms with Crippen LogP contribution in [0.4, 0.5) is 0 Å². The average Bonchev–Trinajstić information content (AvgIpc) is 2.74. The molecular formula is C25H31NO3. The third kappa shape index (κ3) is 4.64. The fourth-order valence-corrected chi connectivity index (χ4v) is 4.82. The van der Waals surface area contributed by atoms with Crippen molar-refractivity contribution in [1.29, 1.82) is 0 Å². The number of piperidine rings is 1. The van der Waals surface area contributed by atoms with Crippen molar-refractivity contribution in [2.75, 3.05) is 26.8 Å². The smallest absolute Gasteiger partial charge is 0.253 e. The highest BCUT2D eigenvalue weighted by Crippen LogP contribution is 2.39. The maximum atomic E-state index is 12.9. The maximum Gasteiger partial charge on any atom is 0.253 e. The van der Waals surface area contributed by atoms with E-state index >= 15 is 0 Å². The van der Waals surface area contributed by atoms with Crippen LogP contribution in [0.3, 0.4) is 0 Å². The number of likely N-dealkylation sites (tertiary alicyclic amines) is 1. The number of nitrogens with zero attached hydrogens (tertiary/aromatic N) is 1. The summed E-state index contributed by atoms with van der Waals surface area (Å²) in [5, 5.41) is 0. The normalized spacial score (nSPS) is 21.2. The molecule has 2 aliphatic heterocycles. The van der Waals surface area contributed by atoms with Gasteiger partial charge in [-0.05, 0) is 74.8 Å². The number of carbonyl (C=O) groups excluding carboxylic acids is 1. The number of amides is 1. The molecule has 1 amide bonds. The summed E-state index contributed by atoms with van der Waals surface area (Å²) in [6.45, 7) is 4.41. The van der Waals surface area contributed by atoms with E-state index in [1.807, 2.05) is 48.2 Å². The quantitative estimate of drug-likeness (QED) is 0.759. The Morgan fingerprint density at radius 1 is 1.17 bits per heavy atom. The zero-order valence-corrected chi connectivity index (χ0v) is 17.5. The summed E-state index contributed by atoms with van der Waals surface area (Å²) in [6, 6.07) is 16.3. The number of methoxy groups -OCH3 is 1. The van der Waals surface area contributed by atoms with E-state index in [0.717, 1.165) is 68.7 Å². The van der Waals surface area contributed by atoms with Crippen molar-refractivity contribution in [3.63, 3.8) is 0 Å². The second-order valence-corrected chi connectivity index (χ2v) is 8.60. The fourth-order valence-electron chi connectivity index (χ4n) is 4.82. The summed E-state index contributed by atoms with van der Waals surface area (Å²) < 4.78 is 11.6. The maximum absolute atomic E-state index is 12.9. The van der Waals surface area contributed by atoms with E-state index in [4.69, 9.17) is 9.47 Å². The van der Waals surface area contributed by atoms with Gasteiger partial charge in [0.1, 0.15) is 5.75 Å². The molecule has 1 unspecified atom stereocenters. The van der Waals surface area contributed by atoms with Gasteiger partial charge in [-0.25, -0.2) is 0 Å². The van der Waals surface area contributed by atoms with Gasteiger partial charge in [0.05, 0.1) is 12.7 Å². The lowest BCUT2D eigenvalue weighted by molar-refractivity contribution is -0.123. The first-order valence-corrected chi connectivity index (χ1v) is 10.7. The van der Waals surface area contributed by atoms with Gasteiger partial charge < -0.3 is 14.4 Å². The molecule has 2 aromatic rings. The SMILES string of the molecule is COc1ccc(CC2CCOC3(CCN(C(=O)c4cccc(C)c4)CC3)C2)cc1. The summed E-state index contributed by atoms with van der Waals surface area (Å²) in [7, 11) is 1.70. The van der Waals surface area contributed by atoms with Crippen molar-refractivity contribution >= 4 is 5.91 Å². The molecule has 4 rings (SSSR count). The van der Waals surface area contributed by atoms with Gasteiger partial charge in [-0.1, -0.05) is 29.8 Å². The number of ether oxygens (including phenoxy) is 2. The van der Waals surface area contributed by atoms with Crippen LogP contribution in [0.25, 0.3) is 0 Å². The van der Waals surface area contributed by atoms with Crippen molar-refractivity contribution in [1.82, 2.24) is 4.90 Å². The number of benzene rings is 2. The zero-order chi connectivity index (χ0) is 20.3. The molecule has 2 aromatic carbocycles. The Balaban J connectivity index is 1.35. The van der Waals surface area contributed by atoms with Crippen LogP contribution in [0, 0.1) is 12.8 Å². The molecule has 4 heteroatoms. The molecular weight excluding hydrogens is 362 g/mol. The van der Waals surface area contributed by atoms with Crippen molar-refractivity contribution in [3.05, 3.63) is 65.2 Å². The standard InChI is InChI=1S/C25H31NO3/c1-19-4-3-5-22(16-19)24(27)26-13-11-25(12-14-26)18-21(10-15-29-25)17-20-6-8-23(28-2)9-7-20/h3-9,16,21H,10-15,17-18H2,1-2H3. The minimum Gasteiger partial charge on any atom is -0.497 e. The third-order valence-corrected chi connectivity index (χ3v) is 6.51. The predicted octanol–water partition coefficient (Wildman–Crippen LogP) is 4.65. The van der Waals surface area contributed by atoms with Crippen molar-refractivity contribution in [2.45, 2.75) is 44.6 Å². The molecule has 2 saturated heterocycles. The van der Waals surface area contributed by atoms with Crippen LogP contribution in [-0.4, -0.2) is 43.2 Å². The highest BCUT2D eigenvalue weighted by Gasteiger charge is 2.41. The van der Waals surface area contributed by atoms with Gasteiger partial charge in [-0.2, -0.15) is 0 Å². The molecule has 0 bridgehead atoms. The van der Waals surface area contributed by atoms with Crippen LogP contribution in [0.5, 0.6) is 5.75 Å². The summed E-state index contributed by atoms with van der Waals surface area (Å²) >= 11 is 0. The van der Waals surface area contributed by atoms with Gasteiger partial charge in [0.15, 0.2) is 0 Å². The van der Waals surface area contributed by atoms with Crippen molar-refractivity contribution < 1.29 is 14.3 Å². The van der Waals surface area contributed by atoms with Gasteiger partial charge in [0.2, 0.25) is 0 Å². The molecule has 1 spiro atoms. The lowest BCUT2D eigenvalue weighted by Crippen LogP contribution is -2.51. The highest BCUT2D eigenvalue weighted by atomic mass is 16.5. The lowest BCUT2D eigenvalue weighted by atomic mass is 9.77. The van der Waals surface area contributed by atoms with Crippen molar-refractivity contribution in [3.8, 4) is 5.75 Å². The van der Waals surface area contributed by atoms with E-state index in [1.165, 1.54) is 5.56 Å². The Morgan fingerprint density at radius 2 is 1.93 bits per heavy atom. The van der Waals surface area contributed by atoms with Crippen LogP contribution in [0.15, 0.2) is 48.5 Å². The molecule has 2 fully saturated rings. The van der Waals surface area contributed by atoms with Gasteiger partial charge in [0, 0.05) is 25.3 Å². The summed E-state index contributed by atoms with van der Waals surface area (Å²) in [4.78, 5) is 14.9. The Hall–Kier alpha value is -2.33. The second kappa shape index (κ2) is 8.58. The molecule has 29 heavy (non-hydrogen) atoms. The number of hydrogen-bond acceptors (Lipinski definition) is 3. The minimum absolute atomic E-state index is 0.0568. The minimum atomic E-state index is -0.0568. The average molecular weight is 394 g/mol. The van der Waals surface area contributed by atoms with E-state index < -0.39 is 0 Å². The Kier molecular flexibility index (Phi) is 5.91. The van der Waals surface area contributed by atoms with Crippen molar-refractivity contribution in [2.24, 2.45) is 5.92 Å². The van der Waals surface area contributed by atoms with Crippen LogP contribution in [-0.2, 0) is 11.2 Å². The van der Waals surface area contributed by atoms with E-state index in [-0.39, 0.29) is 11.5 Å². The number of hydrogen-bond donors (Lipinski definition) is 0. The number of aryl methyl sites for hydroxylation is 1. The first kappa shape index (κ1) is 20.0. The van der Waals surface area contributed by atoms with E-state index in [2.05, 4.69) is 12.1 Å². The molecule has 1 atom stereocenters. The fraction of sp³-hybridized carbons (Fsp3) is 0.480. The molecule has 4 nitrogen and oxygen atoms in total. The Bertz CT molecular complexity index is 837. The molecule has 0 aliphatic carbocycles. The van der Waals surface area contributed by atoms with Crippen LogP contribution < -0.4 is 4.74 Å². The van der Waals surface area contributed by atoms with Gasteiger partial charge in [-0.15, -0.1) is 0 Å². The first-order chi connectivity index (χ1) is 14.1. The molecule has 0 aromatic heterocycles. The van der Waals surface area contributed by atoms with Crippen LogP contribution in [0.2, 0.25) is 0 Å². The predicted molar refractivity (Wildman–Crippen MR) is 114 cm³/mol. The molecule has 154 valence electrons. The van der Waals surface area contributed by atoms with Crippen LogP contribution >= 0.6 is 0 Å².